The molecule has 7 nitrogen and oxygen atoms in total. The Bertz CT molecular complexity index is 1460. The number of nitrogens with zero attached hydrogens (tertiary/aromatic N) is 2. The standard InChI is InChI=1S/C28H32FN3O4/c1-16-10-19(6-7-21(16)29)32-23-11-18-13-30-31-22(18)12-20(23)24(25(32)27(2,3)15-35-5)17-8-9-28(4,26(33)34)36-14-17/h6-7,10-13,17H,8-9,14-15H2,1-5H3,(H,30,31)(H,33,34)/t17-,28+/m1/s1. The van der Waals surface area contributed by atoms with E-state index in [1.165, 1.54) is 6.07 Å². The van der Waals surface area contributed by atoms with Crippen LogP contribution in [0, 0.1) is 12.7 Å². The van der Waals surface area contributed by atoms with Crippen molar-refractivity contribution in [2.24, 2.45) is 0 Å². The van der Waals surface area contributed by atoms with Crippen molar-refractivity contribution in [3.05, 3.63) is 59.2 Å². The number of benzene rings is 2. The van der Waals surface area contributed by atoms with Crippen LogP contribution in [-0.2, 0) is 19.7 Å². The van der Waals surface area contributed by atoms with Crippen molar-refractivity contribution in [1.29, 1.82) is 0 Å². The van der Waals surface area contributed by atoms with Crippen LogP contribution in [0.15, 0.2) is 36.5 Å². The van der Waals surface area contributed by atoms with Gasteiger partial charge in [-0.1, -0.05) is 13.8 Å². The van der Waals surface area contributed by atoms with Crippen molar-refractivity contribution in [1.82, 2.24) is 14.8 Å². The first-order valence-electron chi connectivity index (χ1n) is 12.2. The zero-order valence-corrected chi connectivity index (χ0v) is 21.3. The van der Waals surface area contributed by atoms with Crippen LogP contribution in [0.2, 0.25) is 0 Å². The number of aromatic nitrogens is 3. The van der Waals surface area contributed by atoms with E-state index in [1.54, 1.807) is 33.2 Å². The summed E-state index contributed by atoms with van der Waals surface area (Å²) in [4.78, 5) is 11.8. The number of hydrogen-bond donors (Lipinski definition) is 2. The SMILES string of the molecule is COCC(C)(C)c1c([C@@H]2CC[C@@](C)(C(=O)O)OC2)c2cc3[nH]ncc3cc2n1-c1ccc(F)c(C)c1. The smallest absolute Gasteiger partial charge is 0.335 e. The first-order valence-corrected chi connectivity index (χ1v) is 12.2. The van der Waals surface area contributed by atoms with Gasteiger partial charge in [-0.2, -0.15) is 5.10 Å². The van der Waals surface area contributed by atoms with Crippen molar-refractivity contribution in [3.63, 3.8) is 0 Å². The lowest BCUT2D eigenvalue weighted by atomic mass is 9.79. The predicted octanol–water partition coefficient (Wildman–Crippen LogP) is 5.62. The lowest BCUT2D eigenvalue weighted by molar-refractivity contribution is -0.170. The summed E-state index contributed by atoms with van der Waals surface area (Å²) in [5.41, 5.74) is 3.88. The van der Waals surface area contributed by atoms with Gasteiger partial charge in [0.1, 0.15) is 5.82 Å². The zero-order valence-electron chi connectivity index (χ0n) is 21.3. The van der Waals surface area contributed by atoms with Crippen LogP contribution in [0.25, 0.3) is 27.5 Å². The Hall–Kier alpha value is -3.23. The molecule has 0 bridgehead atoms. The summed E-state index contributed by atoms with van der Waals surface area (Å²) in [6.07, 6.45) is 2.87. The first kappa shape index (κ1) is 24.5. The molecular formula is C28H32FN3O4. The fourth-order valence-electron chi connectivity index (χ4n) is 5.58. The number of hydrogen-bond acceptors (Lipinski definition) is 4. The lowest BCUT2D eigenvalue weighted by Crippen LogP contribution is -2.43. The Morgan fingerprint density at radius 1 is 1.36 bits per heavy atom. The highest BCUT2D eigenvalue weighted by Gasteiger charge is 2.42. The number of halogens is 1. The monoisotopic (exact) mass is 493 g/mol. The molecule has 2 aromatic carbocycles. The molecule has 0 aliphatic carbocycles. The number of H-pyrrole nitrogens is 1. The number of carboxylic acids is 1. The summed E-state index contributed by atoms with van der Waals surface area (Å²) in [5, 5.41) is 19.0. The largest absolute Gasteiger partial charge is 0.479 e. The van der Waals surface area contributed by atoms with Crippen molar-refractivity contribution >= 4 is 27.8 Å². The second-order valence-electron chi connectivity index (χ2n) is 10.8. The maximum atomic E-state index is 14.3. The summed E-state index contributed by atoms with van der Waals surface area (Å²) < 4.78 is 28.1. The summed E-state index contributed by atoms with van der Waals surface area (Å²) in [7, 11) is 1.69. The fourth-order valence-corrected chi connectivity index (χ4v) is 5.58. The molecular weight excluding hydrogens is 461 g/mol. The van der Waals surface area contributed by atoms with E-state index >= 15 is 0 Å². The molecule has 0 radical (unpaired) electrons. The van der Waals surface area contributed by atoms with Crippen LogP contribution in [0.1, 0.15) is 56.4 Å². The van der Waals surface area contributed by atoms with Crippen LogP contribution in [-0.4, -0.2) is 51.8 Å². The van der Waals surface area contributed by atoms with Crippen molar-refractivity contribution < 1.29 is 23.8 Å². The van der Waals surface area contributed by atoms with Crippen LogP contribution >= 0.6 is 0 Å². The third-order valence-corrected chi connectivity index (χ3v) is 7.55. The van der Waals surface area contributed by atoms with Gasteiger partial charge in [0.15, 0.2) is 5.60 Å². The van der Waals surface area contributed by atoms with Crippen molar-refractivity contribution in [3.8, 4) is 5.69 Å². The third kappa shape index (κ3) is 3.89. The van der Waals surface area contributed by atoms with Gasteiger partial charge < -0.3 is 19.1 Å². The number of carbonyl (C=O) groups is 1. The first-order chi connectivity index (χ1) is 17.1. The van der Waals surface area contributed by atoms with E-state index in [4.69, 9.17) is 9.47 Å². The highest BCUT2D eigenvalue weighted by atomic mass is 19.1. The number of fused-ring (bicyclic) bond motifs is 2. The van der Waals surface area contributed by atoms with Crippen molar-refractivity contribution in [2.75, 3.05) is 20.3 Å². The molecule has 1 aliphatic rings. The topological polar surface area (TPSA) is 89.4 Å². The maximum absolute atomic E-state index is 14.3. The third-order valence-electron chi connectivity index (χ3n) is 7.55. The fraction of sp³-hybridized carbons (Fsp3) is 0.429. The van der Waals surface area contributed by atoms with E-state index in [2.05, 4.69) is 40.7 Å². The molecule has 0 amide bonds. The minimum atomic E-state index is -1.19. The molecule has 190 valence electrons. The molecule has 1 aliphatic heterocycles. The van der Waals surface area contributed by atoms with Gasteiger partial charge in [0.05, 0.1) is 30.4 Å². The van der Waals surface area contributed by atoms with Gasteiger partial charge in [-0.05, 0) is 68.1 Å². The Morgan fingerprint density at radius 3 is 2.78 bits per heavy atom. The van der Waals surface area contributed by atoms with E-state index < -0.39 is 17.0 Å². The van der Waals surface area contributed by atoms with Crippen LogP contribution < -0.4 is 0 Å². The molecule has 8 heteroatoms. The second-order valence-corrected chi connectivity index (χ2v) is 10.8. The van der Waals surface area contributed by atoms with E-state index in [-0.39, 0.29) is 11.7 Å². The van der Waals surface area contributed by atoms with Gasteiger partial charge in [-0.15, -0.1) is 0 Å². The highest BCUT2D eigenvalue weighted by molar-refractivity contribution is 5.99. The van der Waals surface area contributed by atoms with Crippen LogP contribution in [0.3, 0.4) is 0 Å². The minimum absolute atomic E-state index is 0.0192. The lowest BCUT2D eigenvalue weighted by Gasteiger charge is -2.36. The van der Waals surface area contributed by atoms with Gasteiger partial charge in [-0.3, -0.25) is 5.10 Å². The summed E-state index contributed by atoms with van der Waals surface area (Å²) in [6.45, 7) is 8.44. The minimum Gasteiger partial charge on any atom is -0.479 e. The van der Waals surface area contributed by atoms with Crippen molar-refractivity contribution in [2.45, 2.75) is 57.5 Å². The number of aromatic amines is 1. The molecule has 2 N–H and O–H groups in total. The molecule has 0 spiro atoms. The van der Waals surface area contributed by atoms with E-state index in [1.807, 2.05) is 6.07 Å². The highest BCUT2D eigenvalue weighted by Crippen LogP contribution is 2.46. The molecule has 3 heterocycles. The van der Waals surface area contributed by atoms with Gasteiger partial charge in [0.25, 0.3) is 0 Å². The Balaban J connectivity index is 1.82. The molecule has 5 rings (SSSR count). The van der Waals surface area contributed by atoms with Gasteiger partial charge >= 0.3 is 5.97 Å². The molecule has 1 fully saturated rings. The molecule has 0 unspecified atom stereocenters. The Labute approximate surface area is 209 Å². The Kier molecular flexibility index (Phi) is 5.92. The molecule has 0 saturated carbocycles. The quantitative estimate of drug-likeness (QED) is 0.364. The van der Waals surface area contributed by atoms with E-state index in [0.717, 1.165) is 38.8 Å². The number of nitrogens with one attached hydrogen (secondary N) is 1. The molecule has 2 atom stereocenters. The van der Waals surface area contributed by atoms with Gasteiger partial charge in [0, 0.05) is 40.6 Å². The maximum Gasteiger partial charge on any atom is 0.335 e. The summed E-state index contributed by atoms with van der Waals surface area (Å²) in [6, 6.07) is 9.38. The number of aliphatic carboxylic acids is 1. The summed E-state index contributed by atoms with van der Waals surface area (Å²) in [5.74, 6) is -1.21. The normalized spacial score (nSPS) is 20.9. The zero-order chi connectivity index (χ0) is 25.8. The Morgan fingerprint density at radius 2 is 2.14 bits per heavy atom. The molecule has 2 aromatic heterocycles. The number of methoxy groups -OCH3 is 1. The van der Waals surface area contributed by atoms with E-state index in [0.29, 0.717) is 31.6 Å². The molecule has 4 aromatic rings. The number of aryl methyl sites for hydroxylation is 1. The van der Waals surface area contributed by atoms with Gasteiger partial charge in [-0.25, -0.2) is 9.18 Å². The average molecular weight is 494 g/mol. The van der Waals surface area contributed by atoms with Crippen LogP contribution in [0.5, 0.6) is 0 Å². The van der Waals surface area contributed by atoms with Crippen LogP contribution in [0.4, 0.5) is 4.39 Å². The predicted molar refractivity (Wildman–Crippen MR) is 136 cm³/mol. The molecule has 36 heavy (non-hydrogen) atoms. The number of rotatable bonds is 6. The molecule has 1 saturated heterocycles. The average Bonchev–Trinajstić information content (AvgIpc) is 3.42. The second kappa shape index (κ2) is 8.71. The number of ether oxygens (including phenoxy) is 2. The number of carboxylic acid groups (broad SMARTS) is 1. The summed E-state index contributed by atoms with van der Waals surface area (Å²) >= 11 is 0. The van der Waals surface area contributed by atoms with Gasteiger partial charge in [0.2, 0.25) is 0 Å². The van der Waals surface area contributed by atoms with E-state index in [9.17, 15) is 14.3 Å².